The van der Waals surface area contributed by atoms with Crippen LogP contribution < -0.4 is 5.73 Å². The largest absolute Gasteiger partial charge is 0.326 e. The molecule has 0 amide bonds. The Bertz CT molecular complexity index is 253. The standard InChI is InChI=1S/C6H6N4.2ClH/c7-1-5-3-9-6(2-8)10-4-5;;/h3-4H,1,7H2;2*1H. The van der Waals surface area contributed by atoms with Gasteiger partial charge in [-0.15, -0.1) is 24.8 Å². The number of rotatable bonds is 1. The molecule has 0 saturated heterocycles. The minimum Gasteiger partial charge on any atom is -0.326 e. The van der Waals surface area contributed by atoms with E-state index in [4.69, 9.17) is 11.0 Å². The van der Waals surface area contributed by atoms with Crippen LogP contribution in [0.1, 0.15) is 11.4 Å². The first-order valence-electron chi connectivity index (χ1n) is 2.78. The lowest BCUT2D eigenvalue weighted by Gasteiger charge is -1.91. The summed E-state index contributed by atoms with van der Waals surface area (Å²) in [6.45, 7) is 0.408. The number of aromatic nitrogens is 2. The molecule has 0 aliphatic carbocycles. The highest BCUT2D eigenvalue weighted by Crippen LogP contribution is 1.91. The molecule has 0 unspecified atom stereocenters. The summed E-state index contributed by atoms with van der Waals surface area (Å²) in [6.07, 6.45) is 3.09. The zero-order valence-electron chi connectivity index (χ0n) is 6.10. The van der Waals surface area contributed by atoms with Crippen molar-refractivity contribution in [3.63, 3.8) is 0 Å². The Balaban J connectivity index is 0. The first-order chi connectivity index (χ1) is 4.86. The van der Waals surface area contributed by atoms with E-state index in [-0.39, 0.29) is 30.6 Å². The molecule has 0 aromatic carbocycles. The zero-order chi connectivity index (χ0) is 7.40. The molecule has 0 aliphatic rings. The van der Waals surface area contributed by atoms with Gasteiger partial charge in [-0.05, 0) is 0 Å². The Hall–Kier alpha value is -0.890. The predicted molar refractivity (Wildman–Crippen MR) is 49.1 cm³/mol. The minimum absolute atomic E-state index is 0. The second-order valence-electron chi connectivity index (χ2n) is 1.73. The SMILES string of the molecule is Cl.Cl.N#Cc1ncc(CN)cn1. The van der Waals surface area contributed by atoms with Gasteiger partial charge >= 0.3 is 0 Å². The van der Waals surface area contributed by atoms with Crippen molar-refractivity contribution in [2.45, 2.75) is 6.54 Å². The van der Waals surface area contributed by atoms with Gasteiger partial charge in [-0.25, -0.2) is 9.97 Å². The molecule has 4 nitrogen and oxygen atoms in total. The number of nitriles is 1. The average Bonchev–Trinajstić information content (AvgIpc) is 2.05. The molecular weight excluding hydrogens is 199 g/mol. The summed E-state index contributed by atoms with van der Waals surface area (Å²) >= 11 is 0. The third kappa shape index (κ3) is 3.49. The van der Waals surface area contributed by atoms with Crippen LogP contribution in [0.2, 0.25) is 0 Å². The van der Waals surface area contributed by atoms with E-state index in [1.54, 1.807) is 12.4 Å². The van der Waals surface area contributed by atoms with Crippen LogP contribution in [0.4, 0.5) is 0 Å². The van der Waals surface area contributed by atoms with E-state index in [1.807, 2.05) is 6.07 Å². The Morgan fingerprint density at radius 1 is 1.33 bits per heavy atom. The maximum Gasteiger partial charge on any atom is 0.232 e. The molecule has 1 heterocycles. The fraction of sp³-hybridized carbons (Fsp3) is 0.167. The third-order valence-electron chi connectivity index (χ3n) is 1.04. The van der Waals surface area contributed by atoms with Crippen molar-refractivity contribution in [3.8, 4) is 6.07 Å². The average molecular weight is 207 g/mol. The summed E-state index contributed by atoms with van der Waals surface area (Å²) in [5.41, 5.74) is 6.11. The van der Waals surface area contributed by atoms with Gasteiger partial charge in [-0.1, -0.05) is 0 Å². The van der Waals surface area contributed by atoms with E-state index >= 15 is 0 Å². The maximum atomic E-state index is 8.29. The highest BCUT2D eigenvalue weighted by Gasteiger charge is 1.91. The Labute approximate surface area is 82.6 Å². The maximum absolute atomic E-state index is 8.29. The predicted octanol–water partition coefficient (Wildman–Crippen LogP) is 0.651. The van der Waals surface area contributed by atoms with Gasteiger partial charge in [0.05, 0.1) is 0 Å². The van der Waals surface area contributed by atoms with Crippen LogP contribution in [-0.4, -0.2) is 9.97 Å². The summed E-state index contributed by atoms with van der Waals surface area (Å²) in [7, 11) is 0. The molecule has 1 rings (SSSR count). The van der Waals surface area contributed by atoms with Crippen LogP contribution in [0.3, 0.4) is 0 Å². The molecule has 12 heavy (non-hydrogen) atoms. The molecule has 0 bridgehead atoms. The van der Waals surface area contributed by atoms with Crippen molar-refractivity contribution in [2.24, 2.45) is 5.73 Å². The van der Waals surface area contributed by atoms with Crippen LogP contribution in [-0.2, 0) is 6.54 Å². The minimum atomic E-state index is 0. The van der Waals surface area contributed by atoms with Gasteiger partial charge in [0.2, 0.25) is 5.82 Å². The van der Waals surface area contributed by atoms with Gasteiger partial charge in [0.15, 0.2) is 0 Å². The molecular formula is C6H8Cl2N4. The number of nitrogens with zero attached hydrogens (tertiary/aromatic N) is 3. The van der Waals surface area contributed by atoms with E-state index in [0.29, 0.717) is 6.54 Å². The van der Waals surface area contributed by atoms with Crippen molar-refractivity contribution in [2.75, 3.05) is 0 Å². The monoisotopic (exact) mass is 206 g/mol. The highest BCUT2D eigenvalue weighted by atomic mass is 35.5. The van der Waals surface area contributed by atoms with Crippen LogP contribution >= 0.6 is 24.8 Å². The van der Waals surface area contributed by atoms with E-state index in [9.17, 15) is 0 Å². The van der Waals surface area contributed by atoms with Crippen molar-refractivity contribution < 1.29 is 0 Å². The van der Waals surface area contributed by atoms with E-state index in [1.165, 1.54) is 0 Å². The van der Waals surface area contributed by atoms with Gasteiger partial charge in [0.25, 0.3) is 0 Å². The van der Waals surface area contributed by atoms with Gasteiger partial charge in [0, 0.05) is 24.5 Å². The van der Waals surface area contributed by atoms with Crippen molar-refractivity contribution in [3.05, 3.63) is 23.8 Å². The summed E-state index contributed by atoms with van der Waals surface area (Å²) in [5.74, 6) is 0.178. The first-order valence-corrected chi connectivity index (χ1v) is 2.78. The van der Waals surface area contributed by atoms with Crippen LogP contribution in [0.25, 0.3) is 0 Å². The molecule has 0 saturated carbocycles. The smallest absolute Gasteiger partial charge is 0.232 e. The zero-order valence-corrected chi connectivity index (χ0v) is 7.73. The normalized spacial score (nSPS) is 7.33. The highest BCUT2D eigenvalue weighted by molar-refractivity contribution is 5.85. The summed E-state index contributed by atoms with van der Waals surface area (Å²) in [4.78, 5) is 7.43. The number of hydrogen-bond acceptors (Lipinski definition) is 4. The molecule has 0 atom stereocenters. The molecule has 66 valence electrons. The molecule has 0 spiro atoms. The van der Waals surface area contributed by atoms with Crippen LogP contribution in [0, 0.1) is 11.3 Å². The fourth-order valence-electron chi connectivity index (χ4n) is 0.518. The van der Waals surface area contributed by atoms with E-state index in [2.05, 4.69) is 9.97 Å². The Morgan fingerprint density at radius 2 is 1.83 bits per heavy atom. The molecule has 0 fully saturated rings. The van der Waals surface area contributed by atoms with Gasteiger partial charge in [-0.3, -0.25) is 0 Å². The number of nitrogens with two attached hydrogens (primary N) is 1. The molecule has 0 radical (unpaired) electrons. The second kappa shape index (κ2) is 6.80. The molecule has 2 N–H and O–H groups in total. The van der Waals surface area contributed by atoms with Crippen molar-refractivity contribution in [1.82, 2.24) is 9.97 Å². The number of halogens is 2. The number of hydrogen-bond donors (Lipinski definition) is 1. The van der Waals surface area contributed by atoms with Crippen molar-refractivity contribution >= 4 is 24.8 Å². The van der Waals surface area contributed by atoms with E-state index < -0.39 is 0 Å². The van der Waals surface area contributed by atoms with Gasteiger partial charge in [-0.2, -0.15) is 5.26 Å². The molecule has 1 aromatic rings. The molecule has 6 heteroatoms. The Kier molecular flexibility index (Phi) is 7.75. The van der Waals surface area contributed by atoms with Gasteiger partial charge < -0.3 is 5.73 Å². The summed E-state index contributed by atoms with van der Waals surface area (Å²) < 4.78 is 0. The third-order valence-corrected chi connectivity index (χ3v) is 1.04. The van der Waals surface area contributed by atoms with Crippen LogP contribution in [0.15, 0.2) is 12.4 Å². The van der Waals surface area contributed by atoms with Gasteiger partial charge in [0.1, 0.15) is 6.07 Å². The molecule has 1 aromatic heterocycles. The second-order valence-corrected chi connectivity index (χ2v) is 1.73. The Morgan fingerprint density at radius 3 is 2.17 bits per heavy atom. The fourth-order valence-corrected chi connectivity index (χ4v) is 0.518. The lowest BCUT2D eigenvalue weighted by atomic mass is 10.3. The lowest BCUT2D eigenvalue weighted by Crippen LogP contribution is -1.98. The first kappa shape index (κ1) is 13.7. The quantitative estimate of drug-likeness (QED) is 0.733. The molecule has 0 aliphatic heterocycles. The van der Waals surface area contributed by atoms with Crippen molar-refractivity contribution in [1.29, 1.82) is 5.26 Å². The topological polar surface area (TPSA) is 75.6 Å². The van der Waals surface area contributed by atoms with Crippen LogP contribution in [0.5, 0.6) is 0 Å². The van der Waals surface area contributed by atoms with E-state index in [0.717, 1.165) is 5.56 Å². The lowest BCUT2D eigenvalue weighted by molar-refractivity contribution is 0.993. The summed E-state index contributed by atoms with van der Waals surface area (Å²) in [6, 6.07) is 1.82. The summed E-state index contributed by atoms with van der Waals surface area (Å²) in [5, 5.41) is 8.29.